The summed E-state index contributed by atoms with van der Waals surface area (Å²) in [5.74, 6) is 0.918. The standard InChI is InChI=1S/C21H43N5O.HI/c1-4-22-21(23-12-17-27-20-10-8-6-7-9-11-20)24-18-19(3)26-15-13-25(5-2)14-16-26;/h19-20H,4-18H2,1-3H3,(H2,22,23,24);1H. The summed E-state index contributed by atoms with van der Waals surface area (Å²) in [7, 11) is 0. The van der Waals surface area contributed by atoms with E-state index in [0.717, 1.165) is 51.8 Å². The van der Waals surface area contributed by atoms with Crippen molar-refractivity contribution >= 4 is 29.9 Å². The van der Waals surface area contributed by atoms with E-state index in [9.17, 15) is 0 Å². The van der Waals surface area contributed by atoms with Gasteiger partial charge in [-0.3, -0.25) is 9.89 Å². The summed E-state index contributed by atoms with van der Waals surface area (Å²) in [6.07, 6.45) is 8.34. The fourth-order valence-corrected chi connectivity index (χ4v) is 4.00. The van der Waals surface area contributed by atoms with E-state index >= 15 is 0 Å². The summed E-state index contributed by atoms with van der Waals surface area (Å²) in [5, 5.41) is 6.80. The third kappa shape index (κ3) is 10.1. The van der Waals surface area contributed by atoms with Crippen LogP contribution in [-0.2, 0) is 4.74 Å². The van der Waals surface area contributed by atoms with E-state index in [0.29, 0.717) is 12.1 Å². The molecule has 7 heteroatoms. The predicted octanol–water partition coefficient (Wildman–Crippen LogP) is 2.92. The average molecular weight is 510 g/mol. The second kappa shape index (κ2) is 15.7. The maximum absolute atomic E-state index is 6.07. The van der Waals surface area contributed by atoms with Gasteiger partial charge in [0.2, 0.25) is 0 Å². The quantitative estimate of drug-likeness (QED) is 0.165. The molecule has 0 aromatic carbocycles. The van der Waals surface area contributed by atoms with Crippen LogP contribution in [0.25, 0.3) is 0 Å². The van der Waals surface area contributed by atoms with Crippen molar-refractivity contribution < 1.29 is 4.74 Å². The van der Waals surface area contributed by atoms with E-state index in [-0.39, 0.29) is 24.0 Å². The first-order chi connectivity index (χ1) is 13.2. The van der Waals surface area contributed by atoms with Crippen LogP contribution in [0.3, 0.4) is 0 Å². The van der Waals surface area contributed by atoms with Crippen molar-refractivity contribution in [2.75, 3.05) is 59.0 Å². The molecule has 1 saturated heterocycles. The zero-order valence-electron chi connectivity index (χ0n) is 18.4. The van der Waals surface area contributed by atoms with Crippen molar-refractivity contribution in [2.24, 2.45) is 4.99 Å². The zero-order valence-corrected chi connectivity index (χ0v) is 20.7. The Morgan fingerprint density at radius 1 is 1.04 bits per heavy atom. The molecule has 1 saturated carbocycles. The normalized spacial score (nSPS) is 21.6. The van der Waals surface area contributed by atoms with Gasteiger partial charge in [0.1, 0.15) is 0 Å². The minimum Gasteiger partial charge on any atom is -0.376 e. The van der Waals surface area contributed by atoms with E-state index in [1.165, 1.54) is 51.6 Å². The molecule has 6 nitrogen and oxygen atoms in total. The van der Waals surface area contributed by atoms with Crippen LogP contribution in [0.15, 0.2) is 4.99 Å². The monoisotopic (exact) mass is 509 g/mol. The van der Waals surface area contributed by atoms with Gasteiger partial charge in [-0.05, 0) is 33.2 Å². The second-order valence-corrected chi connectivity index (χ2v) is 7.95. The highest BCUT2D eigenvalue weighted by Crippen LogP contribution is 2.19. The van der Waals surface area contributed by atoms with E-state index in [1.807, 2.05) is 0 Å². The maximum atomic E-state index is 6.07. The van der Waals surface area contributed by atoms with Crippen LogP contribution in [0.1, 0.15) is 59.3 Å². The van der Waals surface area contributed by atoms with Crippen molar-refractivity contribution in [3.63, 3.8) is 0 Å². The van der Waals surface area contributed by atoms with Gasteiger partial charge in [0.25, 0.3) is 0 Å². The molecule has 0 amide bonds. The van der Waals surface area contributed by atoms with Crippen LogP contribution in [0.2, 0.25) is 0 Å². The lowest BCUT2D eigenvalue weighted by Gasteiger charge is -2.37. The van der Waals surface area contributed by atoms with Gasteiger partial charge in [-0.2, -0.15) is 0 Å². The minimum absolute atomic E-state index is 0. The van der Waals surface area contributed by atoms with Crippen molar-refractivity contribution in [1.29, 1.82) is 0 Å². The number of nitrogens with zero attached hydrogens (tertiary/aromatic N) is 3. The number of halogens is 1. The average Bonchev–Trinajstić information content (AvgIpc) is 2.98. The van der Waals surface area contributed by atoms with Gasteiger partial charge in [0.05, 0.1) is 19.3 Å². The smallest absolute Gasteiger partial charge is 0.191 e. The zero-order chi connectivity index (χ0) is 19.3. The molecule has 1 aliphatic heterocycles. The molecule has 28 heavy (non-hydrogen) atoms. The molecule has 0 aromatic rings. The van der Waals surface area contributed by atoms with Gasteiger partial charge in [-0.25, -0.2) is 0 Å². The number of nitrogens with one attached hydrogen (secondary N) is 2. The topological polar surface area (TPSA) is 52.1 Å². The molecule has 0 bridgehead atoms. The summed E-state index contributed by atoms with van der Waals surface area (Å²) < 4.78 is 6.07. The van der Waals surface area contributed by atoms with Crippen molar-refractivity contribution in [3.05, 3.63) is 0 Å². The summed E-state index contributed by atoms with van der Waals surface area (Å²) >= 11 is 0. The number of hydrogen-bond acceptors (Lipinski definition) is 4. The maximum Gasteiger partial charge on any atom is 0.191 e. The largest absolute Gasteiger partial charge is 0.376 e. The van der Waals surface area contributed by atoms with Crippen LogP contribution in [0.4, 0.5) is 0 Å². The predicted molar refractivity (Wildman–Crippen MR) is 130 cm³/mol. The van der Waals surface area contributed by atoms with Crippen LogP contribution in [0, 0.1) is 0 Å². The number of piperazine rings is 1. The Kier molecular flexibility index (Phi) is 14.5. The van der Waals surface area contributed by atoms with Crippen molar-refractivity contribution in [2.45, 2.75) is 71.4 Å². The number of ether oxygens (including phenoxy) is 1. The molecule has 1 unspecified atom stereocenters. The lowest BCUT2D eigenvalue weighted by molar-refractivity contribution is 0.0468. The molecular formula is C21H44IN5O. The molecule has 1 aliphatic carbocycles. The lowest BCUT2D eigenvalue weighted by atomic mass is 10.1. The van der Waals surface area contributed by atoms with Gasteiger partial charge in [0.15, 0.2) is 5.96 Å². The van der Waals surface area contributed by atoms with Crippen LogP contribution >= 0.6 is 24.0 Å². The van der Waals surface area contributed by atoms with E-state index < -0.39 is 0 Å². The number of rotatable bonds is 9. The first kappa shape index (κ1) is 25.9. The van der Waals surface area contributed by atoms with Crippen LogP contribution < -0.4 is 10.6 Å². The fraction of sp³-hybridized carbons (Fsp3) is 0.952. The third-order valence-electron chi connectivity index (χ3n) is 5.89. The van der Waals surface area contributed by atoms with Crippen LogP contribution in [0.5, 0.6) is 0 Å². The molecule has 1 atom stereocenters. The van der Waals surface area contributed by atoms with Gasteiger partial charge < -0.3 is 20.3 Å². The van der Waals surface area contributed by atoms with Crippen molar-refractivity contribution in [3.8, 4) is 0 Å². The Labute approximate surface area is 190 Å². The first-order valence-corrected chi connectivity index (χ1v) is 11.3. The molecular weight excluding hydrogens is 465 g/mol. The molecule has 0 radical (unpaired) electrons. The molecule has 2 aliphatic rings. The third-order valence-corrected chi connectivity index (χ3v) is 5.89. The molecule has 0 aromatic heterocycles. The Hall–Kier alpha value is -0.120. The van der Waals surface area contributed by atoms with Crippen molar-refractivity contribution in [1.82, 2.24) is 20.4 Å². The number of hydrogen-bond donors (Lipinski definition) is 2. The van der Waals surface area contributed by atoms with Gasteiger partial charge >= 0.3 is 0 Å². The van der Waals surface area contributed by atoms with E-state index in [4.69, 9.17) is 9.73 Å². The summed E-state index contributed by atoms with van der Waals surface area (Å²) in [4.78, 5) is 9.89. The molecule has 0 spiro atoms. The fourth-order valence-electron chi connectivity index (χ4n) is 4.00. The Balaban J connectivity index is 0.00000392. The Morgan fingerprint density at radius 2 is 1.71 bits per heavy atom. The van der Waals surface area contributed by atoms with Crippen LogP contribution in [-0.4, -0.2) is 86.9 Å². The highest BCUT2D eigenvalue weighted by molar-refractivity contribution is 14.0. The molecule has 1 heterocycles. The Morgan fingerprint density at radius 3 is 2.32 bits per heavy atom. The second-order valence-electron chi connectivity index (χ2n) is 7.95. The highest BCUT2D eigenvalue weighted by atomic mass is 127. The first-order valence-electron chi connectivity index (χ1n) is 11.3. The minimum atomic E-state index is 0. The molecule has 166 valence electrons. The Bertz CT molecular complexity index is 408. The van der Waals surface area contributed by atoms with E-state index in [1.54, 1.807) is 0 Å². The van der Waals surface area contributed by atoms with Gasteiger partial charge in [0, 0.05) is 45.3 Å². The van der Waals surface area contributed by atoms with Gasteiger partial charge in [-0.15, -0.1) is 24.0 Å². The lowest BCUT2D eigenvalue weighted by Crippen LogP contribution is -2.50. The number of likely N-dealkylation sites (N-methyl/N-ethyl adjacent to an activating group) is 1. The molecule has 2 rings (SSSR count). The summed E-state index contributed by atoms with van der Waals surface area (Å²) in [5.41, 5.74) is 0. The molecule has 2 N–H and O–H groups in total. The van der Waals surface area contributed by atoms with E-state index in [2.05, 4.69) is 41.2 Å². The molecule has 2 fully saturated rings. The van der Waals surface area contributed by atoms with Gasteiger partial charge in [-0.1, -0.05) is 32.6 Å². The number of guanidine groups is 1. The highest BCUT2D eigenvalue weighted by Gasteiger charge is 2.20. The summed E-state index contributed by atoms with van der Waals surface area (Å²) in [6, 6.07) is 0.488. The summed E-state index contributed by atoms with van der Waals surface area (Å²) in [6.45, 7) is 15.8. The SMILES string of the molecule is CCNC(=NCC(C)N1CCN(CC)CC1)NCCOC1CCCCCC1.I. The number of aliphatic imine (C=N–C) groups is 1.